The van der Waals surface area contributed by atoms with Crippen LogP contribution in [-0.2, 0) is 31.7 Å². The van der Waals surface area contributed by atoms with Crippen molar-refractivity contribution in [3.05, 3.63) is 51.0 Å². The van der Waals surface area contributed by atoms with Crippen LogP contribution in [0.4, 0.5) is 5.95 Å². The number of nitrogen functional groups attached to an aromatic ring is 1. The molecular weight excluding hydrogens is 557 g/mol. The van der Waals surface area contributed by atoms with Crippen LogP contribution in [0.3, 0.4) is 0 Å². The van der Waals surface area contributed by atoms with Gasteiger partial charge < -0.3 is 24.1 Å². The van der Waals surface area contributed by atoms with Gasteiger partial charge in [-0.25, -0.2) is 4.98 Å². The summed E-state index contributed by atoms with van der Waals surface area (Å²) >= 11 is 4.72. The predicted octanol–water partition coefficient (Wildman–Crippen LogP) is 4.29. The van der Waals surface area contributed by atoms with Gasteiger partial charge >= 0.3 is 0 Å². The lowest BCUT2D eigenvalue weighted by Crippen LogP contribution is -2.17. The largest absolute Gasteiger partial charge is 0.370 e. The topological polar surface area (TPSA) is 134 Å². The Hall–Kier alpha value is -1.82. The molecule has 13 heteroatoms. The minimum atomic E-state index is -1.34. The fourth-order valence-electron chi connectivity index (χ4n) is 2.81. The van der Waals surface area contributed by atoms with E-state index in [9.17, 15) is 9.59 Å². The Bertz CT molecular complexity index is 1200. The number of fused-ring (bicyclic) bond motifs is 1. The highest BCUT2D eigenvalue weighted by molar-refractivity contribution is 9.10. The van der Waals surface area contributed by atoms with Crippen LogP contribution in [0, 0.1) is 5.41 Å². The molecule has 3 aromatic rings. The van der Waals surface area contributed by atoms with Crippen LogP contribution < -0.4 is 11.3 Å². The number of hydrogen-bond acceptors (Lipinski definition) is 9. The minimum absolute atomic E-state index is 0.0332. The first-order valence-corrected chi connectivity index (χ1v) is 14.0. The number of halogens is 1. The lowest BCUT2D eigenvalue weighted by Gasteiger charge is -2.19. The summed E-state index contributed by atoms with van der Waals surface area (Å²) in [6.45, 7) is 7.20. The van der Waals surface area contributed by atoms with Crippen LogP contribution in [-0.4, -0.2) is 49.9 Å². The van der Waals surface area contributed by atoms with Crippen LogP contribution >= 0.6 is 36.1 Å². The third-order valence-electron chi connectivity index (χ3n) is 4.59. The van der Waals surface area contributed by atoms with E-state index in [0.717, 1.165) is 10.0 Å². The molecule has 190 valence electrons. The normalized spacial score (nSPS) is 12.8. The van der Waals surface area contributed by atoms with Gasteiger partial charge in [0.25, 0.3) is 5.56 Å². The molecule has 1 atom stereocenters. The Morgan fingerprint density at radius 2 is 2.09 bits per heavy atom. The molecule has 0 saturated heterocycles. The maximum Gasteiger partial charge on any atom is 0.280 e. The molecule has 0 amide bonds. The summed E-state index contributed by atoms with van der Waals surface area (Å²) in [6.07, 6.45) is 1.78. The zero-order valence-corrected chi connectivity index (χ0v) is 23.1. The van der Waals surface area contributed by atoms with Gasteiger partial charge in [-0.05, 0) is 17.7 Å². The van der Waals surface area contributed by atoms with Crippen molar-refractivity contribution in [1.82, 2.24) is 19.5 Å². The SMILES string of the molecule is CC(C)(C)C(=O)SCCOP(COCCn1cnc2c(=O)[nH]c(N)nc21)OCc1cccc(Br)c1. The number of aromatic amines is 1. The summed E-state index contributed by atoms with van der Waals surface area (Å²) in [6, 6.07) is 7.85. The van der Waals surface area contributed by atoms with Gasteiger partial charge in [-0.15, -0.1) is 0 Å². The predicted molar refractivity (Wildman–Crippen MR) is 142 cm³/mol. The van der Waals surface area contributed by atoms with Crippen LogP contribution in [0.5, 0.6) is 0 Å². The first-order chi connectivity index (χ1) is 16.6. The van der Waals surface area contributed by atoms with E-state index in [1.54, 1.807) is 4.57 Å². The average Bonchev–Trinajstić information content (AvgIpc) is 3.19. The monoisotopic (exact) mass is 585 g/mol. The molecule has 3 N–H and O–H groups in total. The van der Waals surface area contributed by atoms with E-state index in [2.05, 4.69) is 30.9 Å². The van der Waals surface area contributed by atoms with Gasteiger partial charge in [0.15, 0.2) is 24.7 Å². The number of aromatic nitrogens is 4. The first-order valence-electron chi connectivity index (χ1n) is 10.9. The highest BCUT2D eigenvalue weighted by Gasteiger charge is 2.21. The molecule has 1 aromatic carbocycles. The van der Waals surface area contributed by atoms with Crippen molar-refractivity contribution in [2.45, 2.75) is 33.9 Å². The summed E-state index contributed by atoms with van der Waals surface area (Å²) in [5, 5.41) is 0.123. The number of nitrogens with zero attached hydrogens (tertiary/aromatic N) is 3. The lowest BCUT2D eigenvalue weighted by atomic mass is 10.00. The van der Waals surface area contributed by atoms with Crippen LogP contribution in [0.15, 0.2) is 39.9 Å². The molecule has 2 aromatic heterocycles. The number of benzene rings is 1. The number of nitrogens with two attached hydrogens (primary N) is 1. The maximum atomic E-state index is 12.1. The quantitative estimate of drug-likeness (QED) is 0.236. The zero-order valence-electron chi connectivity index (χ0n) is 19.8. The Labute approximate surface area is 217 Å². The van der Waals surface area contributed by atoms with Crippen molar-refractivity contribution in [3.63, 3.8) is 0 Å². The number of carbonyl (C=O) groups is 1. The van der Waals surface area contributed by atoms with E-state index in [0.29, 0.717) is 37.8 Å². The lowest BCUT2D eigenvalue weighted by molar-refractivity contribution is -0.117. The standard InChI is InChI=1S/C22H29BrN5O5PS/c1-22(2,3)20(30)35-10-9-32-34(33-12-15-5-4-6-16(23)11-15)14-31-8-7-28-13-25-17-18(28)26-21(24)27-19(17)29/h4-6,11,13H,7-10,12,14H2,1-3H3,(H3,24,26,27,29). The highest BCUT2D eigenvalue weighted by Crippen LogP contribution is 2.39. The number of imidazole rings is 1. The van der Waals surface area contributed by atoms with Gasteiger partial charge in [-0.1, -0.05) is 60.6 Å². The molecule has 3 rings (SSSR count). The molecule has 0 aliphatic rings. The molecule has 0 aliphatic heterocycles. The number of carbonyl (C=O) groups excluding carboxylic acids is 1. The van der Waals surface area contributed by atoms with Gasteiger partial charge in [0.1, 0.15) is 6.35 Å². The molecule has 0 radical (unpaired) electrons. The van der Waals surface area contributed by atoms with Gasteiger partial charge in [-0.3, -0.25) is 14.6 Å². The molecule has 0 fully saturated rings. The van der Waals surface area contributed by atoms with E-state index < -0.39 is 13.8 Å². The average molecular weight is 586 g/mol. The van der Waals surface area contributed by atoms with Gasteiger partial charge in [0, 0.05) is 22.2 Å². The maximum absolute atomic E-state index is 12.1. The Morgan fingerprint density at radius 3 is 2.83 bits per heavy atom. The van der Waals surface area contributed by atoms with Crippen LogP contribution in [0.25, 0.3) is 11.2 Å². The smallest absolute Gasteiger partial charge is 0.280 e. The highest BCUT2D eigenvalue weighted by atomic mass is 79.9. The molecule has 0 spiro atoms. The number of ether oxygens (including phenoxy) is 1. The van der Waals surface area contributed by atoms with Crippen molar-refractivity contribution in [2.24, 2.45) is 5.41 Å². The molecule has 10 nitrogen and oxygen atoms in total. The fourth-order valence-corrected chi connectivity index (χ4v) is 5.26. The first kappa shape index (κ1) is 27.8. The number of thioether (sulfide) groups is 1. The van der Waals surface area contributed by atoms with E-state index in [-0.39, 0.29) is 28.5 Å². The summed E-state index contributed by atoms with van der Waals surface area (Å²) < 4.78 is 20.4. The third kappa shape index (κ3) is 8.66. The molecular formula is C22H29BrN5O5PS. The number of H-pyrrole nitrogens is 1. The van der Waals surface area contributed by atoms with Crippen molar-refractivity contribution >= 4 is 58.3 Å². The Balaban J connectivity index is 1.52. The second kappa shape index (κ2) is 12.9. The zero-order chi connectivity index (χ0) is 25.4. The number of hydrogen-bond donors (Lipinski definition) is 2. The van der Waals surface area contributed by atoms with Crippen LogP contribution in [0.2, 0.25) is 0 Å². The second-order valence-corrected chi connectivity index (χ2v) is 12.0. The van der Waals surface area contributed by atoms with Gasteiger partial charge in [0.2, 0.25) is 5.95 Å². The van der Waals surface area contributed by atoms with Gasteiger partial charge in [0.05, 0.1) is 26.1 Å². The molecule has 2 heterocycles. The van der Waals surface area contributed by atoms with E-state index >= 15 is 0 Å². The Kier molecular flexibility index (Phi) is 10.3. The van der Waals surface area contributed by atoms with Gasteiger partial charge in [-0.2, -0.15) is 4.98 Å². The summed E-state index contributed by atoms with van der Waals surface area (Å²) in [5.41, 5.74) is 6.51. The molecule has 0 saturated carbocycles. The van der Waals surface area contributed by atoms with Crippen LogP contribution in [0.1, 0.15) is 26.3 Å². The number of rotatable bonds is 12. The summed E-state index contributed by atoms with van der Waals surface area (Å²) in [4.78, 5) is 34.7. The Morgan fingerprint density at radius 1 is 1.29 bits per heavy atom. The third-order valence-corrected chi connectivity index (χ3v) is 7.61. The molecule has 35 heavy (non-hydrogen) atoms. The second-order valence-electron chi connectivity index (χ2n) is 8.55. The van der Waals surface area contributed by atoms with Crippen molar-refractivity contribution in [2.75, 3.05) is 31.0 Å². The minimum Gasteiger partial charge on any atom is -0.370 e. The molecule has 0 aliphatic carbocycles. The molecule has 0 bridgehead atoms. The van der Waals surface area contributed by atoms with Crippen molar-refractivity contribution < 1.29 is 18.6 Å². The van der Waals surface area contributed by atoms with E-state index in [1.165, 1.54) is 18.1 Å². The van der Waals surface area contributed by atoms with E-state index in [4.69, 9.17) is 19.5 Å². The van der Waals surface area contributed by atoms with E-state index in [1.807, 2.05) is 45.0 Å². The number of anilines is 1. The van der Waals surface area contributed by atoms with Crippen molar-refractivity contribution in [3.8, 4) is 0 Å². The summed E-state index contributed by atoms with van der Waals surface area (Å²) in [5.74, 6) is 0.573. The summed E-state index contributed by atoms with van der Waals surface area (Å²) in [7, 11) is -1.34. The number of nitrogens with one attached hydrogen (secondary N) is 1. The van der Waals surface area contributed by atoms with Crippen molar-refractivity contribution in [1.29, 1.82) is 0 Å². The fraction of sp³-hybridized carbons (Fsp3) is 0.455. The molecule has 1 unspecified atom stereocenters.